The lowest BCUT2D eigenvalue weighted by atomic mass is 10.0. The van der Waals surface area contributed by atoms with Gasteiger partial charge < -0.3 is 23.4 Å². The molecular formula is C35H28O7. The molecule has 0 spiro atoms. The summed E-state index contributed by atoms with van der Waals surface area (Å²) in [5.41, 5.74) is 4.69. The molecule has 0 atom stereocenters. The van der Waals surface area contributed by atoms with Crippen LogP contribution < -0.4 is 20.7 Å². The van der Waals surface area contributed by atoms with Crippen LogP contribution in [0.25, 0.3) is 44.2 Å². The normalized spacial score (nSPS) is 11.3. The van der Waals surface area contributed by atoms with E-state index in [4.69, 9.17) is 18.3 Å². The van der Waals surface area contributed by atoms with E-state index in [-0.39, 0.29) is 13.2 Å². The molecule has 0 saturated heterocycles. The standard InChI is InChI=1S/C35H28O7/c1-21-3-7-23(8-4-21)30-15-25-11-13-28(17-32(25)41-34(30)37)39-19-27(36)20-40-29-14-12-26-16-31(35(38)42-33(26)18-29)24-9-5-22(2)6-10-24/h3-18,27,36H,19-20H2,1-2H3. The van der Waals surface area contributed by atoms with E-state index in [1.807, 2.05) is 62.4 Å². The summed E-state index contributed by atoms with van der Waals surface area (Å²) < 4.78 is 22.6. The highest BCUT2D eigenvalue weighted by Gasteiger charge is 2.12. The van der Waals surface area contributed by atoms with Crippen molar-refractivity contribution >= 4 is 21.9 Å². The van der Waals surface area contributed by atoms with Crippen LogP contribution in [0.5, 0.6) is 11.5 Å². The van der Waals surface area contributed by atoms with Crippen LogP contribution in [-0.4, -0.2) is 24.4 Å². The third kappa shape index (κ3) is 5.82. The monoisotopic (exact) mass is 560 g/mol. The van der Waals surface area contributed by atoms with Gasteiger partial charge in [0.25, 0.3) is 0 Å². The first-order valence-electron chi connectivity index (χ1n) is 13.6. The Kier molecular flexibility index (Phi) is 7.33. The fourth-order valence-electron chi connectivity index (χ4n) is 4.66. The van der Waals surface area contributed by atoms with Gasteiger partial charge in [0.2, 0.25) is 0 Å². The molecule has 0 unspecified atom stereocenters. The van der Waals surface area contributed by atoms with Gasteiger partial charge in [-0.05, 0) is 61.4 Å². The average molecular weight is 561 g/mol. The number of aliphatic hydroxyl groups excluding tert-OH is 1. The van der Waals surface area contributed by atoms with Gasteiger partial charge in [0.1, 0.15) is 42.0 Å². The Balaban J connectivity index is 1.09. The van der Waals surface area contributed by atoms with Crippen molar-refractivity contribution in [2.24, 2.45) is 0 Å². The van der Waals surface area contributed by atoms with Gasteiger partial charge in [-0.3, -0.25) is 0 Å². The van der Waals surface area contributed by atoms with Crippen LogP contribution in [0.1, 0.15) is 11.1 Å². The van der Waals surface area contributed by atoms with Crippen LogP contribution in [0.4, 0.5) is 0 Å². The number of benzene rings is 4. The van der Waals surface area contributed by atoms with E-state index < -0.39 is 17.4 Å². The second-order valence-corrected chi connectivity index (χ2v) is 10.3. The summed E-state index contributed by atoms with van der Waals surface area (Å²) in [7, 11) is 0. The van der Waals surface area contributed by atoms with E-state index in [1.165, 1.54) is 0 Å². The molecule has 6 rings (SSSR count). The lowest BCUT2D eigenvalue weighted by molar-refractivity contribution is 0.0627. The van der Waals surface area contributed by atoms with E-state index >= 15 is 0 Å². The molecule has 7 heteroatoms. The maximum absolute atomic E-state index is 12.6. The molecule has 2 aromatic heterocycles. The molecule has 4 aromatic carbocycles. The van der Waals surface area contributed by atoms with Crippen molar-refractivity contribution in [3.8, 4) is 33.8 Å². The molecule has 0 bridgehead atoms. The minimum atomic E-state index is -0.941. The minimum absolute atomic E-state index is 0.0419. The first kappa shape index (κ1) is 27.1. The summed E-state index contributed by atoms with van der Waals surface area (Å²) in [5.74, 6) is 0.897. The predicted molar refractivity (Wildman–Crippen MR) is 162 cm³/mol. The number of rotatable bonds is 8. The molecule has 0 aliphatic carbocycles. The number of fused-ring (bicyclic) bond motifs is 2. The Morgan fingerprint density at radius 3 is 1.40 bits per heavy atom. The molecule has 2 heterocycles. The lowest BCUT2D eigenvalue weighted by Crippen LogP contribution is -2.25. The van der Waals surface area contributed by atoms with E-state index in [0.717, 1.165) is 33.0 Å². The molecule has 6 aromatic rings. The summed E-state index contributed by atoms with van der Waals surface area (Å²) >= 11 is 0. The van der Waals surface area contributed by atoms with E-state index in [1.54, 1.807) is 48.5 Å². The van der Waals surface area contributed by atoms with Crippen molar-refractivity contribution in [1.82, 2.24) is 0 Å². The molecular weight excluding hydrogens is 532 g/mol. The maximum Gasteiger partial charge on any atom is 0.344 e. The number of aryl methyl sites for hydroxylation is 2. The zero-order chi connectivity index (χ0) is 29.2. The zero-order valence-electron chi connectivity index (χ0n) is 23.1. The second-order valence-electron chi connectivity index (χ2n) is 10.3. The Morgan fingerprint density at radius 2 is 1.00 bits per heavy atom. The summed E-state index contributed by atoms with van der Waals surface area (Å²) in [4.78, 5) is 25.2. The van der Waals surface area contributed by atoms with E-state index in [2.05, 4.69) is 0 Å². The Hall–Kier alpha value is -5.14. The van der Waals surface area contributed by atoms with Crippen LogP contribution in [0.15, 0.2) is 115 Å². The Bertz CT molecular complexity index is 1860. The summed E-state index contributed by atoms with van der Waals surface area (Å²) in [5, 5.41) is 12.0. The highest BCUT2D eigenvalue weighted by Crippen LogP contribution is 2.26. The quantitative estimate of drug-likeness (QED) is 0.208. The molecule has 0 aliphatic rings. The third-order valence-electron chi connectivity index (χ3n) is 7.02. The first-order valence-corrected chi connectivity index (χ1v) is 13.6. The largest absolute Gasteiger partial charge is 0.491 e. The Morgan fingerprint density at radius 1 is 0.595 bits per heavy atom. The number of ether oxygens (including phenoxy) is 2. The van der Waals surface area contributed by atoms with Crippen molar-refractivity contribution in [1.29, 1.82) is 0 Å². The van der Waals surface area contributed by atoms with Crippen molar-refractivity contribution in [3.05, 3.63) is 129 Å². The number of aliphatic hydroxyl groups is 1. The molecule has 7 nitrogen and oxygen atoms in total. The third-order valence-corrected chi connectivity index (χ3v) is 7.02. The molecule has 0 radical (unpaired) electrons. The van der Waals surface area contributed by atoms with Gasteiger partial charge in [-0.25, -0.2) is 9.59 Å². The van der Waals surface area contributed by atoms with Gasteiger partial charge >= 0.3 is 11.3 Å². The van der Waals surface area contributed by atoms with Gasteiger partial charge in [-0.1, -0.05) is 59.7 Å². The van der Waals surface area contributed by atoms with Gasteiger partial charge in [0, 0.05) is 22.9 Å². The molecule has 42 heavy (non-hydrogen) atoms. The van der Waals surface area contributed by atoms with Crippen molar-refractivity contribution in [3.63, 3.8) is 0 Å². The Labute approximate surface area is 241 Å². The number of hydrogen-bond donors (Lipinski definition) is 1. The molecule has 0 amide bonds. The summed E-state index contributed by atoms with van der Waals surface area (Å²) in [6.07, 6.45) is -0.941. The molecule has 0 saturated carbocycles. The van der Waals surface area contributed by atoms with Crippen molar-refractivity contribution < 1.29 is 23.4 Å². The van der Waals surface area contributed by atoms with Crippen LogP contribution in [-0.2, 0) is 0 Å². The average Bonchev–Trinajstić information content (AvgIpc) is 2.99. The van der Waals surface area contributed by atoms with Crippen molar-refractivity contribution in [2.75, 3.05) is 13.2 Å². The molecule has 1 N–H and O–H groups in total. The zero-order valence-corrected chi connectivity index (χ0v) is 23.1. The van der Waals surface area contributed by atoms with Gasteiger partial charge in [0.05, 0.1) is 11.1 Å². The summed E-state index contributed by atoms with van der Waals surface area (Å²) in [6, 6.07) is 29.3. The highest BCUT2D eigenvalue weighted by atomic mass is 16.5. The van der Waals surface area contributed by atoms with Gasteiger partial charge in [-0.15, -0.1) is 0 Å². The first-order chi connectivity index (χ1) is 20.3. The topological polar surface area (TPSA) is 99.1 Å². The van der Waals surface area contributed by atoms with Crippen molar-refractivity contribution in [2.45, 2.75) is 20.0 Å². The highest BCUT2D eigenvalue weighted by molar-refractivity contribution is 5.83. The van der Waals surface area contributed by atoms with Gasteiger partial charge in [0.15, 0.2) is 0 Å². The number of hydrogen-bond acceptors (Lipinski definition) is 7. The van der Waals surface area contributed by atoms with E-state index in [0.29, 0.717) is 33.8 Å². The van der Waals surface area contributed by atoms with Gasteiger partial charge in [-0.2, -0.15) is 0 Å². The van der Waals surface area contributed by atoms with E-state index in [9.17, 15) is 14.7 Å². The molecule has 0 aliphatic heterocycles. The minimum Gasteiger partial charge on any atom is -0.491 e. The second kappa shape index (κ2) is 11.4. The van der Waals surface area contributed by atoms with Crippen LogP contribution >= 0.6 is 0 Å². The fourth-order valence-corrected chi connectivity index (χ4v) is 4.66. The maximum atomic E-state index is 12.6. The lowest BCUT2D eigenvalue weighted by Gasteiger charge is -2.14. The van der Waals surface area contributed by atoms with Crippen LogP contribution in [0, 0.1) is 13.8 Å². The summed E-state index contributed by atoms with van der Waals surface area (Å²) in [6.45, 7) is 3.89. The smallest absolute Gasteiger partial charge is 0.344 e. The SMILES string of the molecule is Cc1ccc(-c2cc3ccc(OCC(O)COc4ccc5cc(-c6ccc(C)cc6)c(=O)oc5c4)cc3oc2=O)cc1. The van der Waals surface area contributed by atoms with Crippen LogP contribution in [0.2, 0.25) is 0 Å². The fraction of sp³-hybridized carbons (Fsp3) is 0.143. The molecule has 0 fully saturated rings. The molecule has 210 valence electrons. The predicted octanol–water partition coefficient (Wildman–Crippen LogP) is 6.67. The van der Waals surface area contributed by atoms with Crippen LogP contribution in [0.3, 0.4) is 0 Å².